The molecule has 20 heavy (non-hydrogen) atoms. The normalized spacial score (nSPS) is 16.1. The lowest BCUT2D eigenvalue weighted by atomic mass is 9.83. The first kappa shape index (κ1) is 15.3. The number of benzene rings is 1. The molecular weight excluding hydrogens is 314 g/mol. The van der Waals surface area contributed by atoms with Crippen molar-refractivity contribution in [3.63, 3.8) is 0 Å². The van der Waals surface area contributed by atoms with Gasteiger partial charge in [0.1, 0.15) is 0 Å². The highest BCUT2D eigenvalue weighted by molar-refractivity contribution is 9.10. The average molecular weight is 336 g/mol. The first-order valence-electron chi connectivity index (χ1n) is 7.04. The van der Waals surface area contributed by atoms with E-state index in [0.29, 0.717) is 0 Å². The van der Waals surface area contributed by atoms with Crippen LogP contribution >= 0.6 is 15.9 Å². The van der Waals surface area contributed by atoms with Gasteiger partial charge in [0, 0.05) is 28.8 Å². The van der Waals surface area contributed by atoms with Crippen LogP contribution in [0.5, 0.6) is 0 Å². The van der Waals surface area contributed by atoms with Gasteiger partial charge >= 0.3 is 0 Å². The molecule has 0 spiro atoms. The van der Waals surface area contributed by atoms with Crippen molar-refractivity contribution < 1.29 is 4.79 Å². The Morgan fingerprint density at radius 2 is 2.00 bits per heavy atom. The van der Waals surface area contributed by atoms with Crippen LogP contribution < -0.4 is 4.90 Å². The fraction of sp³-hybridized carbons (Fsp3) is 0.471. The van der Waals surface area contributed by atoms with Crippen LogP contribution in [0.25, 0.3) is 0 Å². The Bertz CT molecular complexity index is 555. The predicted octanol–water partition coefficient (Wildman–Crippen LogP) is 4.83. The van der Waals surface area contributed by atoms with E-state index >= 15 is 0 Å². The SMILES string of the molecule is CC(=O)c1cc(Br)ccc1N1CC=C(C(C)(C)C)CC1. The summed E-state index contributed by atoms with van der Waals surface area (Å²) in [6.07, 6.45) is 3.38. The van der Waals surface area contributed by atoms with Crippen LogP contribution in [-0.2, 0) is 0 Å². The Morgan fingerprint density at radius 1 is 1.30 bits per heavy atom. The molecule has 1 aromatic rings. The summed E-state index contributed by atoms with van der Waals surface area (Å²) in [6, 6.07) is 5.96. The van der Waals surface area contributed by atoms with Gasteiger partial charge in [0.25, 0.3) is 0 Å². The molecule has 2 rings (SSSR count). The third-order valence-corrected chi connectivity index (χ3v) is 4.34. The number of hydrogen-bond donors (Lipinski definition) is 0. The van der Waals surface area contributed by atoms with Gasteiger partial charge in [-0.15, -0.1) is 0 Å². The van der Waals surface area contributed by atoms with Gasteiger partial charge in [-0.25, -0.2) is 0 Å². The van der Waals surface area contributed by atoms with Gasteiger partial charge in [0.05, 0.1) is 0 Å². The molecule has 0 bridgehead atoms. The van der Waals surface area contributed by atoms with Crippen molar-refractivity contribution in [1.82, 2.24) is 0 Å². The van der Waals surface area contributed by atoms with Crippen LogP contribution in [-0.4, -0.2) is 18.9 Å². The molecule has 0 N–H and O–H groups in total. The maximum atomic E-state index is 11.8. The maximum Gasteiger partial charge on any atom is 0.161 e. The highest BCUT2D eigenvalue weighted by atomic mass is 79.9. The van der Waals surface area contributed by atoms with Crippen molar-refractivity contribution >= 4 is 27.4 Å². The lowest BCUT2D eigenvalue weighted by Gasteiger charge is -2.34. The molecule has 0 fully saturated rings. The van der Waals surface area contributed by atoms with Crippen LogP contribution in [0.2, 0.25) is 0 Å². The molecule has 0 amide bonds. The number of nitrogens with zero attached hydrogens (tertiary/aromatic N) is 1. The summed E-state index contributed by atoms with van der Waals surface area (Å²) in [4.78, 5) is 14.1. The molecule has 0 atom stereocenters. The maximum absolute atomic E-state index is 11.8. The van der Waals surface area contributed by atoms with Crippen LogP contribution in [0.3, 0.4) is 0 Å². The number of ketones is 1. The van der Waals surface area contributed by atoms with Crippen LogP contribution in [0.4, 0.5) is 5.69 Å². The Kier molecular flexibility index (Phi) is 4.38. The third-order valence-electron chi connectivity index (χ3n) is 3.85. The molecule has 0 radical (unpaired) electrons. The molecule has 3 heteroatoms. The Balaban J connectivity index is 2.27. The van der Waals surface area contributed by atoms with Crippen molar-refractivity contribution in [2.45, 2.75) is 34.1 Å². The smallest absolute Gasteiger partial charge is 0.161 e. The molecule has 1 aromatic carbocycles. The largest absolute Gasteiger partial charge is 0.367 e. The number of rotatable bonds is 2. The van der Waals surface area contributed by atoms with E-state index in [0.717, 1.165) is 35.2 Å². The number of Topliss-reactive ketones (excluding diaryl/α,β-unsaturated/α-hetero) is 1. The van der Waals surface area contributed by atoms with Gasteiger partial charge in [-0.05, 0) is 37.0 Å². The number of carbonyl (C=O) groups is 1. The van der Waals surface area contributed by atoms with Crippen LogP contribution in [0.15, 0.2) is 34.3 Å². The van der Waals surface area contributed by atoms with E-state index in [9.17, 15) is 4.79 Å². The zero-order valence-corrected chi connectivity index (χ0v) is 14.3. The number of carbonyl (C=O) groups excluding carboxylic acids is 1. The molecule has 0 saturated carbocycles. The van der Waals surface area contributed by atoms with E-state index < -0.39 is 0 Å². The number of anilines is 1. The van der Waals surface area contributed by atoms with Gasteiger partial charge in [-0.1, -0.05) is 48.4 Å². The third kappa shape index (κ3) is 3.32. The van der Waals surface area contributed by atoms with Crippen molar-refractivity contribution in [3.05, 3.63) is 39.9 Å². The van der Waals surface area contributed by atoms with Crippen LogP contribution in [0, 0.1) is 5.41 Å². The molecular formula is C17H22BrNO. The Labute approximate surface area is 130 Å². The lowest BCUT2D eigenvalue weighted by Crippen LogP contribution is -2.32. The van der Waals surface area contributed by atoms with Crippen molar-refractivity contribution in [1.29, 1.82) is 0 Å². The van der Waals surface area contributed by atoms with Crippen molar-refractivity contribution in [2.24, 2.45) is 5.41 Å². The highest BCUT2D eigenvalue weighted by Crippen LogP contribution is 2.33. The molecule has 1 aliphatic rings. The standard InChI is InChI=1S/C17H22BrNO/c1-12(20)15-11-14(18)5-6-16(15)19-9-7-13(8-10-19)17(2,3)4/h5-7,11H,8-10H2,1-4H3. The lowest BCUT2D eigenvalue weighted by molar-refractivity contribution is 0.101. The molecule has 108 valence electrons. The molecule has 2 nitrogen and oxygen atoms in total. The topological polar surface area (TPSA) is 20.3 Å². The minimum atomic E-state index is 0.117. The second-order valence-electron chi connectivity index (χ2n) is 6.39. The van der Waals surface area contributed by atoms with Gasteiger partial charge in [-0.3, -0.25) is 4.79 Å². The highest BCUT2D eigenvalue weighted by Gasteiger charge is 2.23. The molecule has 0 saturated heterocycles. The fourth-order valence-corrected chi connectivity index (χ4v) is 3.00. The summed E-state index contributed by atoms with van der Waals surface area (Å²) in [5.41, 5.74) is 3.60. The second-order valence-corrected chi connectivity index (χ2v) is 7.31. The molecule has 0 unspecified atom stereocenters. The monoisotopic (exact) mass is 335 g/mol. The van der Waals surface area contributed by atoms with Gasteiger partial charge in [0.15, 0.2) is 5.78 Å². The molecule has 1 aliphatic heterocycles. The van der Waals surface area contributed by atoms with E-state index in [4.69, 9.17) is 0 Å². The summed E-state index contributed by atoms with van der Waals surface area (Å²) >= 11 is 3.44. The first-order chi connectivity index (χ1) is 9.29. The van der Waals surface area contributed by atoms with Gasteiger partial charge in [-0.2, -0.15) is 0 Å². The zero-order valence-electron chi connectivity index (χ0n) is 12.7. The zero-order chi connectivity index (χ0) is 14.9. The number of halogens is 1. The second kappa shape index (κ2) is 5.72. The first-order valence-corrected chi connectivity index (χ1v) is 7.83. The Morgan fingerprint density at radius 3 is 2.50 bits per heavy atom. The van der Waals surface area contributed by atoms with Crippen molar-refractivity contribution in [3.8, 4) is 0 Å². The quantitative estimate of drug-likeness (QED) is 0.569. The summed E-state index contributed by atoms with van der Waals surface area (Å²) < 4.78 is 0.953. The summed E-state index contributed by atoms with van der Waals surface area (Å²) in [5.74, 6) is 0.117. The van der Waals surface area contributed by atoms with E-state index in [1.54, 1.807) is 6.92 Å². The van der Waals surface area contributed by atoms with Gasteiger partial charge in [0.2, 0.25) is 0 Å². The fourth-order valence-electron chi connectivity index (χ4n) is 2.64. The minimum Gasteiger partial charge on any atom is -0.367 e. The summed E-state index contributed by atoms with van der Waals surface area (Å²) in [6.45, 7) is 10.3. The van der Waals surface area contributed by atoms with E-state index in [1.165, 1.54) is 5.57 Å². The molecule has 0 aromatic heterocycles. The predicted molar refractivity (Wildman–Crippen MR) is 88.5 cm³/mol. The minimum absolute atomic E-state index is 0.117. The molecule has 0 aliphatic carbocycles. The van der Waals surface area contributed by atoms with E-state index in [-0.39, 0.29) is 11.2 Å². The van der Waals surface area contributed by atoms with Gasteiger partial charge < -0.3 is 4.90 Å². The molecule has 1 heterocycles. The van der Waals surface area contributed by atoms with E-state index in [1.807, 2.05) is 18.2 Å². The summed E-state index contributed by atoms with van der Waals surface area (Å²) in [7, 11) is 0. The van der Waals surface area contributed by atoms with Crippen molar-refractivity contribution in [2.75, 3.05) is 18.0 Å². The van der Waals surface area contributed by atoms with Crippen LogP contribution in [0.1, 0.15) is 44.5 Å². The van der Waals surface area contributed by atoms with E-state index in [2.05, 4.69) is 47.7 Å². The summed E-state index contributed by atoms with van der Waals surface area (Å²) in [5, 5.41) is 0. The number of hydrogen-bond acceptors (Lipinski definition) is 2. The average Bonchev–Trinajstić information content (AvgIpc) is 2.37. The Hall–Kier alpha value is -1.09.